The van der Waals surface area contributed by atoms with Crippen molar-refractivity contribution >= 4 is 11.8 Å². The third kappa shape index (κ3) is 9.53. The zero-order valence-corrected chi connectivity index (χ0v) is 28.3. The highest BCUT2D eigenvalue weighted by atomic mass is 16.3. The van der Waals surface area contributed by atoms with Crippen LogP contribution in [-0.4, -0.2) is 81.5 Å². The molecule has 2 amide bonds. The summed E-state index contributed by atoms with van der Waals surface area (Å²) in [4.78, 5) is 37.9. The quantitative estimate of drug-likeness (QED) is 0.253. The molecule has 3 heterocycles. The van der Waals surface area contributed by atoms with Gasteiger partial charge in [0.2, 0.25) is 0 Å². The summed E-state index contributed by atoms with van der Waals surface area (Å²) in [6.45, 7) is 11.5. The number of carbonyl (C=O) groups is 2. The van der Waals surface area contributed by atoms with Crippen molar-refractivity contribution in [3.63, 3.8) is 0 Å². The minimum Gasteiger partial charge on any atom is -0.393 e. The van der Waals surface area contributed by atoms with Gasteiger partial charge in [-0.3, -0.25) is 9.59 Å². The van der Waals surface area contributed by atoms with Crippen molar-refractivity contribution in [3.8, 4) is 23.0 Å². The van der Waals surface area contributed by atoms with Crippen LogP contribution < -0.4 is 0 Å². The molecule has 0 aliphatic carbocycles. The van der Waals surface area contributed by atoms with Crippen molar-refractivity contribution in [2.24, 2.45) is 5.92 Å². The zero-order valence-electron chi connectivity index (χ0n) is 28.3. The second-order valence-corrected chi connectivity index (χ2v) is 13.5. The Labute approximate surface area is 281 Å². The number of likely N-dealkylation sites (tertiary alicyclic amines) is 2. The maximum Gasteiger partial charge on any atom is 0.272 e. The van der Waals surface area contributed by atoms with Crippen LogP contribution in [0.5, 0.6) is 0 Å². The molecular formula is C40H50N4O3. The van der Waals surface area contributed by atoms with E-state index in [1.807, 2.05) is 46.2 Å². The molecule has 47 heavy (non-hydrogen) atoms. The van der Waals surface area contributed by atoms with E-state index in [0.717, 1.165) is 67.6 Å². The lowest BCUT2D eigenvalue weighted by atomic mass is 9.99. The van der Waals surface area contributed by atoms with Crippen LogP contribution in [-0.2, 0) is 6.54 Å². The van der Waals surface area contributed by atoms with Crippen molar-refractivity contribution in [2.75, 3.05) is 32.7 Å². The van der Waals surface area contributed by atoms with Gasteiger partial charge in [0, 0.05) is 62.5 Å². The molecule has 1 aromatic heterocycles. The molecule has 5 rings (SSSR count). The second-order valence-electron chi connectivity index (χ2n) is 13.5. The van der Waals surface area contributed by atoms with Crippen LogP contribution in [0.15, 0.2) is 66.9 Å². The van der Waals surface area contributed by atoms with Crippen molar-refractivity contribution in [1.29, 1.82) is 0 Å². The number of aliphatic hydroxyl groups is 1. The van der Waals surface area contributed by atoms with Gasteiger partial charge in [0.1, 0.15) is 5.69 Å². The van der Waals surface area contributed by atoms with Gasteiger partial charge in [-0.25, -0.2) is 4.98 Å². The van der Waals surface area contributed by atoms with Crippen LogP contribution in [0.3, 0.4) is 0 Å². The molecule has 7 nitrogen and oxygen atoms in total. The van der Waals surface area contributed by atoms with E-state index in [9.17, 15) is 14.7 Å². The van der Waals surface area contributed by atoms with E-state index in [4.69, 9.17) is 0 Å². The maximum atomic E-state index is 14.0. The lowest BCUT2D eigenvalue weighted by Gasteiger charge is -2.38. The third-order valence-electron chi connectivity index (χ3n) is 9.40. The first kappa shape index (κ1) is 34.3. The summed E-state index contributed by atoms with van der Waals surface area (Å²) < 4.78 is 0. The van der Waals surface area contributed by atoms with Crippen molar-refractivity contribution in [3.05, 3.63) is 89.2 Å². The van der Waals surface area contributed by atoms with Crippen LogP contribution in [0.4, 0.5) is 0 Å². The Morgan fingerprint density at radius 2 is 1.57 bits per heavy atom. The van der Waals surface area contributed by atoms with Crippen LogP contribution in [0.25, 0.3) is 11.1 Å². The summed E-state index contributed by atoms with van der Waals surface area (Å²) in [5.74, 6) is 6.96. The smallest absolute Gasteiger partial charge is 0.272 e. The van der Waals surface area contributed by atoms with Crippen molar-refractivity contribution in [2.45, 2.75) is 84.4 Å². The minimum absolute atomic E-state index is 0.0165. The average molecular weight is 635 g/mol. The Balaban J connectivity index is 1.28. The molecule has 0 unspecified atom stereocenters. The molecule has 7 heteroatoms. The summed E-state index contributed by atoms with van der Waals surface area (Å²) >= 11 is 0. The highest BCUT2D eigenvalue weighted by molar-refractivity contribution is 5.95. The molecule has 2 aromatic carbocycles. The van der Waals surface area contributed by atoms with E-state index in [2.05, 4.69) is 66.8 Å². The van der Waals surface area contributed by atoms with E-state index in [1.165, 1.54) is 6.42 Å². The maximum absolute atomic E-state index is 14.0. The fraction of sp³-hybridized carbons (Fsp3) is 0.475. The van der Waals surface area contributed by atoms with Gasteiger partial charge in [-0.15, -0.1) is 0 Å². The first-order chi connectivity index (χ1) is 22.8. The number of benzene rings is 2. The number of nitrogens with zero attached hydrogens (tertiary/aromatic N) is 4. The third-order valence-corrected chi connectivity index (χ3v) is 9.40. The van der Waals surface area contributed by atoms with Gasteiger partial charge >= 0.3 is 0 Å². The number of carbonyl (C=O) groups excluding carboxylic acids is 2. The van der Waals surface area contributed by atoms with Gasteiger partial charge in [-0.05, 0) is 91.9 Å². The molecule has 3 aromatic rings. The largest absolute Gasteiger partial charge is 0.393 e. The van der Waals surface area contributed by atoms with Gasteiger partial charge in [-0.1, -0.05) is 69.0 Å². The predicted molar refractivity (Wildman–Crippen MR) is 188 cm³/mol. The average Bonchev–Trinajstić information content (AvgIpc) is 3.10. The van der Waals surface area contributed by atoms with Crippen molar-refractivity contribution < 1.29 is 14.7 Å². The van der Waals surface area contributed by atoms with Gasteiger partial charge in [-0.2, -0.15) is 0 Å². The molecule has 0 radical (unpaired) electrons. The van der Waals surface area contributed by atoms with E-state index in [1.54, 1.807) is 6.20 Å². The zero-order chi connectivity index (χ0) is 33.2. The number of aromatic nitrogens is 1. The van der Waals surface area contributed by atoms with Crippen LogP contribution in [0.2, 0.25) is 0 Å². The Morgan fingerprint density at radius 1 is 0.915 bits per heavy atom. The second kappa shape index (κ2) is 16.7. The first-order valence-corrected chi connectivity index (χ1v) is 17.5. The molecule has 1 N–H and O–H groups in total. The summed E-state index contributed by atoms with van der Waals surface area (Å²) in [6.07, 6.45) is 7.63. The highest BCUT2D eigenvalue weighted by Gasteiger charge is 2.29. The summed E-state index contributed by atoms with van der Waals surface area (Å²) in [7, 11) is 0. The fourth-order valence-corrected chi connectivity index (χ4v) is 6.35. The number of aliphatic hydroxyl groups excluding tert-OH is 1. The fourth-order valence-electron chi connectivity index (χ4n) is 6.35. The van der Waals surface area contributed by atoms with Gasteiger partial charge in [0.25, 0.3) is 11.8 Å². The Kier molecular flexibility index (Phi) is 12.2. The van der Waals surface area contributed by atoms with Gasteiger partial charge < -0.3 is 19.8 Å². The number of hydrogen-bond donors (Lipinski definition) is 1. The standard InChI is InChI=1S/C40H50N4O3/c1-4-5-6-7-31-10-17-38(41-28-31)40(47)44(36-19-24-42(25-20-36)23-18-30(2)3)29-32-8-11-33(12-9-32)34-13-15-35(16-14-34)39(46)43-26-21-37(45)22-27-43/h8-17,28,30,36-37,45H,4-5,18-27,29H2,1-3H3. The summed E-state index contributed by atoms with van der Waals surface area (Å²) in [5, 5.41) is 9.77. The molecule has 248 valence electrons. The molecule has 0 saturated carbocycles. The number of hydrogen-bond acceptors (Lipinski definition) is 5. The molecule has 0 bridgehead atoms. The summed E-state index contributed by atoms with van der Waals surface area (Å²) in [6, 6.07) is 20.0. The lowest BCUT2D eigenvalue weighted by Crippen LogP contribution is -2.47. The number of rotatable bonds is 10. The number of piperidine rings is 2. The Bertz CT molecular complexity index is 1510. The monoisotopic (exact) mass is 634 g/mol. The van der Waals surface area contributed by atoms with Crippen LogP contribution in [0.1, 0.15) is 97.7 Å². The topological polar surface area (TPSA) is 77.0 Å². The SMILES string of the molecule is CCCC#Cc1ccc(C(=O)N(Cc2ccc(-c3ccc(C(=O)N4CCC(O)CC4)cc3)cc2)C2CCN(CCC(C)C)CC2)nc1. The highest BCUT2D eigenvalue weighted by Crippen LogP contribution is 2.25. The first-order valence-electron chi connectivity index (χ1n) is 17.5. The van der Waals surface area contributed by atoms with E-state index < -0.39 is 0 Å². The molecule has 2 aliphatic heterocycles. The van der Waals surface area contributed by atoms with E-state index in [0.29, 0.717) is 49.7 Å². The molecule has 0 atom stereocenters. The normalized spacial score (nSPS) is 16.1. The van der Waals surface area contributed by atoms with Crippen LogP contribution >= 0.6 is 0 Å². The Hall–Kier alpha value is -3.99. The van der Waals surface area contributed by atoms with E-state index >= 15 is 0 Å². The molecule has 2 fully saturated rings. The molecule has 0 spiro atoms. The van der Waals surface area contributed by atoms with E-state index in [-0.39, 0.29) is 24.0 Å². The van der Waals surface area contributed by atoms with Crippen molar-refractivity contribution in [1.82, 2.24) is 19.7 Å². The molecule has 2 saturated heterocycles. The number of pyridine rings is 1. The summed E-state index contributed by atoms with van der Waals surface area (Å²) in [5.41, 5.74) is 5.13. The Morgan fingerprint density at radius 3 is 2.17 bits per heavy atom. The van der Waals surface area contributed by atoms with Gasteiger partial charge in [0.05, 0.1) is 6.10 Å². The predicted octanol–water partition coefficient (Wildman–Crippen LogP) is 6.65. The van der Waals surface area contributed by atoms with Gasteiger partial charge in [0.15, 0.2) is 0 Å². The minimum atomic E-state index is -0.305. The molecular weight excluding hydrogens is 584 g/mol. The number of amides is 2. The lowest BCUT2D eigenvalue weighted by molar-refractivity contribution is 0.0535. The molecule has 2 aliphatic rings. The number of unbranched alkanes of at least 4 members (excludes halogenated alkanes) is 1. The van der Waals surface area contributed by atoms with Crippen LogP contribution in [0, 0.1) is 17.8 Å².